The van der Waals surface area contributed by atoms with Crippen LogP contribution in [0.15, 0.2) is 77.7 Å². The van der Waals surface area contributed by atoms with Crippen LogP contribution in [0.1, 0.15) is 19.8 Å². The van der Waals surface area contributed by atoms with Crippen LogP contribution in [0.3, 0.4) is 0 Å². The normalized spacial score (nSPS) is 15.3. The smallest absolute Gasteiger partial charge is 0.267 e. The number of halogens is 1. The van der Waals surface area contributed by atoms with Gasteiger partial charge in [0.1, 0.15) is 16.5 Å². The quantitative estimate of drug-likeness (QED) is 0.430. The number of rotatable bonds is 8. The molecule has 5 nitrogen and oxygen atoms in total. The van der Waals surface area contributed by atoms with Crippen LogP contribution in [-0.4, -0.2) is 46.6 Å². The molecule has 0 saturated carbocycles. The fourth-order valence-electron chi connectivity index (χ4n) is 4.53. The molecule has 3 aromatic carbocycles. The summed E-state index contributed by atoms with van der Waals surface area (Å²) in [6.07, 6.45) is 1.79. The maximum absolute atomic E-state index is 14.7. The molecule has 0 amide bonds. The molecule has 0 aliphatic carbocycles. The van der Waals surface area contributed by atoms with E-state index in [9.17, 15) is 12.8 Å². The number of ether oxygens (including phenoxy) is 1. The van der Waals surface area contributed by atoms with Gasteiger partial charge < -0.3 is 9.64 Å². The van der Waals surface area contributed by atoms with E-state index in [1.165, 1.54) is 22.5 Å². The zero-order valence-corrected chi connectivity index (χ0v) is 20.5. The molecule has 0 spiro atoms. The van der Waals surface area contributed by atoms with Gasteiger partial charge in [0.05, 0.1) is 12.8 Å². The third-order valence-corrected chi connectivity index (χ3v) is 8.35. The maximum Gasteiger partial charge on any atom is 0.267 e. The maximum atomic E-state index is 14.7. The van der Waals surface area contributed by atoms with Crippen molar-refractivity contribution in [1.82, 2.24) is 4.90 Å². The molecule has 0 radical (unpaired) electrons. The van der Waals surface area contributed by atoms with Gasteiger partial charge in [0.25, 0.3) is 10.0 Å². The Labute approximate surface area is 201 Å². The molecule has 3 aromatic rings. The van der Waals surface area contributed by atoms with Crippen molar-refractivity contribution in [3.8, 4) is 16.9 Å². The highest BCUT2D eigenvalue weighted by atomic mass is 32.2. The van der Waals surface area contributed by atoms with Crippen LogP contribution in [0, 0.1) is 11.7 Å². The van der Waals surface area contributed by atoms with Crippen LogP contribution in [-0.2, 0) is 10.0 Å². The molecular formula is C27H31FN2O3S. The Bertz CT molecular complexity index is 1210. The Balaban J connectivity index is 1.83. The minimum Gasteiger partial charge on any atom is -0.497 e. The number of anilines is 1. The molecule has 1 aliphatic rings. The molecule has 34 heavy (non-hydrogen) atoms. The van der Waals surface area contributed by atoms with Crippen molar-refractivity contribution in [1.29, 1.82) is 0 Å². The van der Waals surface area contributed by atoms with Gasteiger partial charge in [-0.3, -0.25) is 4.31 Å². The molecule has 1 heterocycles. The van der Waals surface area contributed by atoms with Crippen molar-refractivity contribution in [3.63, 3.8) is 0 Å². The van der Waals surface area contributed by atoms with Crippen LogP contribution in [0.25, 0.3) is 11.1 Å². The predicted molar refractivity (Wildman–Crippen MR) is 134 cm³/mol. The van der Waals surface area contributed by atoms with Crippen LogP contribution < -0.4 is 9.04 Å². The SMILES string of the molecule is CCN1CCC(CN(c2ccc(OC)cc2-c2ccccc2)S(=O)(=O)c2ccccc2F)CC1. The molecule has 0 atom stereocenters. The van der Waals surface area contributed by atoms with E-state index in [1.54, 1.807) is 25.3 Å². The summed E-state index contributed by atoms with van der Waals surface area (Å²) in [5.41, 5.74) is 2.12. The van der Waals surface area contributed by atoms with Crippen LogP contribution in [0.4, 0.5) is 10.1 Å². The van der Waals surface area contributed by atoms with Gasteiger partial charge >= 0.3 is 0 Å². The number of piperidine rings is 1. The second-order valence-corrected chi connectivity index (χ2v) is 10.4. The third kappa shape index (κ3) is 5.10. The van der Waals surface area contributed by atoms with Crippen LogP contribution in [0.2, 0.25) is 0 Å². The lowest BCUT2D eigenvalue weighted by Gasteiger charge is -2.35. The largest absolute Gasteiger partial charge is 0.497 e. The van der Waals surface area contributed by atoms with E-state index >= 15 is 0 Å². The highest BCUT2D eigenvalue weighted by molar-refractivity contribution is 7.92. The van der Waals surface area contributed by atoms with Gasteiger partial charge in [0.15, 0.2) is 0 Å². The molecule has 7 heteroatoms. The van der Waals surface area contributed by atoms with Gasteiger partial charge in [-0.15, -0.1) is 0 Å². The van der Waals surface area contributed by atoms with Gasteiger partial charge in [-0.25, -0.2) is 12.8 Å². The first-order valence-corrected chi connectivity index (χ1v) is 13.1. The molecule has 1 aliphatic heterocycles. The number of hydrogen-bond donors (Lipinski definition) is 0. The van der Waals surface area contributed by atoms with Crippen molar-refractivity contribution in [2.24, 2.45) is 5.92 Å². The summed E-state index contributed by atoms with van der Waals surface area (Å²) < 4.78 is 49.5. The fraction of sp³-hybridized carbons (Fsp3) is 0.333. The number of hydrogen-bond acceptors (Lipinski definition) is 4. The van der Waals surface area contributed by atoms with E-state index in [-0.39, 0.29) is 10.8 Å². The van der Waals surface area contributed by atoms with Crippen LogP contribution >= 0.6 is 0 Å². The van der Waals surface area contributed by atoms with Crippen LogP contribution in [0.5, 0.6) is 5.75 Å². The average Bonchev–Trinajstić information content (AvgIpc) is 2.88. The Hall–Kier alpha value is -2.90. The summed E-state index contributed by atoms with van der Waals surface area (Å²) in [4.78, 5) is 2.06. The Morgan fingerprint density at radius 1 is 1.00 bits per heavy atom. The lowest BCUT2D eigenvalue weighted by molar-refractivity contribution is 0.196. The molecule has 0 aromatic heterocycles. The van der Waals surface area contributed by atoms with Gasteiger partial charge in [-0.1, -0.05) is 49.4 Å². The standard InChI is InChI=1S/C27H31FN2O3S/c1-3-29-17-15-21(16-18-29)20-30(34(31,32)27-12-8-7-11-25(27)28)26-14-13-23(33-2)19-24(26)22-9-5-4-6-10-22/h4-14,19,21H,3,15-18,20H2,1-2H3. The Morgan fingerprint density at radius 2 is 1.68 bits per heavy atom. The first kappa shape index (κ1) is 24.2. The lowest BCUT2D eigenvalue weighted by atomic mass is 9.96. The number of methoxy groups -OCH3 is 1. The van der Waals surface area contributed by atoms with E-state index in [0.29, 0.717) is 18.0 Å². The van der Waals surface area contributed by atoms with Crippen molar-refractivity contribution in [3.05, 3.63) is 78.6 Å². The topological polar surface area (TPSA) is 49.9 Å². The van der Waals surface area contributed by atoms with Gasteiger partial charge in [0, 0.05) is 12.1 Å². The first-order valence-electron chi connectivity index (χ1n) is 11.7. The second-order valence-electron chi connectivity index (χ2n) is 8.59. The summed E-state index contributed by atoms with van der Waals surface area (Å²) in [5, 5.41) is 0. The molecule has 0 bridgehead atoms. The van der Waals surface area contributed by atoms with Gasteiger partial charge in [-0.2, -0.15) is 0 Å². The van der Waals surface area contributed by atoms with Gasteiger partial charge in [-0.05, 0) is 74.3 Å². The number of likely N-dealkylation sites (tertiary alicyclic amines) is 1. The molecule has 0 N–H and O–H groups in total. The zero-order chi connectivity index (χ0) is 24.1. The minimum absolute atomic E-state index is 0.176. The fourth-order valence-corrected chi connectivity index (χ4v) is 6.15. The second kappa shape index (κ2) is 10.6. The molecule has 0 unspecified atom stereocenters. The first-order chi connectivity index (χ1) is 16.4. The highest BCUT2D eigenvalue weighted by Gasteiger charge is 2.32. The van der Waals surface area contributed by atoms with Crippen molar-refractivity contribution in [2.75, 3.05) is 37.6 Å². The summed E-state index contributed by atoms with van der Waals surface area (Å²) in [5.74, 6) is 0.0558. The number of sulfonamides is 1. The molecular weight excluding hydrogens is 451 g/mol. The zero-order valence-electron chi connectivity index (χ0n) is 19.7. The monoisotopic (exact) mass is 482 g/mol. The van der Waals surface area contributed by atoms with E-state index in [4.69, 9.17) is 4.74 Å². The Kier molecular flexibility index (Phi) is 7.54. The summed E-state index contributed by atoms with van der Waals surface area (Å²) >= 11 is 0. The number of benzene rings is 3. The van der Waals surface area contributed by atoms with Crippen molar-refractivity contribution < 1.29 is 17.5 Å². The summed E-state index contributed by atoms with van der Waals surface area (Å²) in [7, 11) is -2.57. The molecule has 180 valence electrons. The Morgan fingerprint density at radius 3 is 2.32 bits per heavy atom. The molecule has 4 rings (SSSR count). The van der Waals surface area contributed by atoms with Gasteiger partial charge in [0.2, 0.25) is 0 Å². The average molecular weight is 483 g/mol. The lowest BCUT2D eigenvalue weighted by Crippen LogP contribution is -2.41. The predicted octanol–water partition coefficient (Wildman–Crippen LogP) is 5.43. The van der Waals surface area contributed by atoms with Crippen molar-refractivity contribution >= 4 is 15.7 Å². The highest BCUT2D eigenvalue weighted by Crippen LogP contribution is 2.38. The third-order valence-electron chi connectivity index (χ3n) is 6.54. The van der Waals surface area contributed by atoms with E-state index in [0.717, 1.165) is 43.6 Å². The molecule has 1 saturated heterocycles. The van der Waals surface area contributed by atoms with E-state index in [2.05, 4.69) is 11.8 Å². The van der Waals surface area contributed by atoms with E-state index in [1.807, 2.05) is 36.4 Å². The van der Waals surface area contributed by atoms with Crippen molar-refractivity contribution in [2.45, 2.75) is 24.7 Å². The molecule has 1 fully saturated rings. The minimum atomic E-state index is -4.15. The number of nitrogens with zero attached hydrogens (tertiary/aromatic N) is 2. The van der Waals surface area contributed by atoms with E-state index < -0.39 is 15.8 Å². The summed E-state index contributed by atoms with van der Waals surface area (Å²) in [6.45, 7) is 5.28. The summed E-state index contributed by atoms with van der Waals surface area (Å²) in [6, 6.07) is 20.6.